The Balaban J connectivity index is 2.04. The van der Waals surface area contributed by atoms with Crippen molar-refractivity contribution in [2.24, 2.45) is 5.41 Å². The molecular weight excluding hydrogens is 448 g/mol. The van der Waals surface area contributed by atoms with E-state index in [4.69, 9.17) is 9.47 Å². The fourth-order valence-corrected chi connectivity index (χ4v) is 5.24. The third kappa shape index (κ3) is 3.93. The van der Waals surface area contributed by atoms with Crippen molar-refractivity contribution in [3.8, 4) is 28.7 Å². The number of carbonyl (C=O) groups is 2. The number of hydrogen-bond acceptors (Lipinski definition) is 6. The second-order valence-corrected chi connectivity index (χ2v) is 8.81. The first-order valence-electron chi connectivity index (χ1n) is 10.7. The number of thioether (sulfide) groups is 1. The van der Waals surface area contributed by atoms with E-state index in [9.17, 15) is 14.7 Å². The fraction of sp³-hybridized carbons (Fsp3) is 0.214. The van der Waals surface area contributed by atoms with Gasteiger partial charge >= 0.3 is 11.9 Å². The number of methoxy groups -OCH3 is 2. The van der Waals surface area contributed by atoms with Crippen molar-refractivity contribution < 1.29 is 24.2 Å². The van der Waals surface area contributed by atoms with Gasteiger partial charge in [0, 0.05) is 35.1 Å². The van der Waals surface area contributed by atoms with E-state index in [1.807, 2.05) is 66.9 Å². The minimum atomic E-state index is -1.57. The van der Waals surface area contributed by atoms with Crippen molar-refractivity contribution in [1.82, 2.24) is 0 Å². The van der Waals surface area contributed by atoms with Gasteiger partial charge in [-0.1, -0.05) is 60.4 Å². The molecule has 0 radical (unpaired) electrons. The van der Waals surface area contributed by atoms with Gasteiger partial charge in [-0.05, 0) is 29.5 Å². The third-order valence-corrected chi connectivity index (χ3v) is 6.93. The van der Waals surface area contributed by atoms with E-state index in [-0.39, 0.29) is 18.6 Å². The highest BCUT2D eigenvalue weighted by atomic mass is 32.2. The minimum Gasteiger partial charge on any atom is -0.506 e. The molecule has 0 aliphatic heterocycles. The molecule has 6 heteroatoms. The molecule has 1 N–H and O–H groups in total. The summed E-state index contributed by atoms with van der Waals surface area (Å²) in [7, 11) is 2.49. The van der Waals surface area contributed by atoms with Crippen LogP contribution in [0, 0.1) is 17.3 Å². The van der Waals surface area contributed by atoms with Gasteiger partial charge < -0.3 is 14.6 Å². The van der Waals surface area contributed by atoms with Crippen LogP contribution < -0.4 is 0 Å². The Labute approximate surface area is 203 Å². The van der Waals surface area contributed by atoms with E-state index in [2.05, 4.69) is 11.8 Å². The minimum absolute atomic E-state index is 0.0177. The summed E-state index contributed by atoms with van der Waals surface area (Å²) in [5.74, 6) is 5.19. The predicted octanol–water partition coefficient (Wildman–Crippen LogP) is 4.61. The molecule has 0 unspecified atom stereocenters. The van der Waals surface area contributed by atoms with E-state index in [0.29, 0.717) is 21.6 Å². The summed E-state index contributed by atoms with van der Waals surface area (Å²) in [5, 5.41) is 11.3. The van der Waals surface area contributed by atoms with E-state index < -0.39 is 17.4 Å². The van der Waals surface area contributed by atoms with Gasteiger partial charge in [0.25, 0.3) is 0 Å². The number of hydrogen-bond donors (Lipinski definition) is 1. The Bertz CT molecular complexity index is 1290. The quantitative estimate of drug-likeness (QED) is 0.259. The van der Waals surface area contributed by atoms with Crippen molar-refractivity contribution in [3.05, 3.63) is 82.9 Å². The number of benzene rings is 3. The SMILES string of the molecule is COC(=O)C1(C(=O)OC)Cc2c(O)c(SC)c(-c3ccccc3)c(C#Cc3ccccc3)c2C1. The summed E-state index contributed by atoms with van der Waals surface area (Å²) in [6.07, 6.45) is 1.89. The van der Waals surface area contributed by atoms with Crippen LogP contribution in [0.1, 0.15) is 22.3 Å². The zero-order valence-corrected chi connectivity index (χ0v) is 20.0. The van der Waals surface area contributed by atoms with Gasteiger partial charge in [0.1, 0.15) is 5.75 Å². The molecule has 3 aromatic carbocycles. The first-order valence-corrected chi connectivity index (χ1v) is 11.9. The molecule has 0 saturated heterocycles. The smallest absolute Gasteiger partial charge is 0.323 e. The maximum atomic E-state index is 12.9. The van der Waals surface area contributed by atoms with E-state index >= 15 is 0 Å². The van der Waals surface area contributed by atoms with Gasteiger partial charge in [-0.25, -0.2) is 0 Å². The first kappa shape index (κ1) is 23.5. The van der Waals surface area contributed by atoms with Crippen LogP contribution in [0.5, 0.6) is 5.75 Å². The zero-order chi connectivity index (χ0) is 24.3. The van der Waals surface area contributed by atoms with Crippen molar-refractivity contribution in [3.63, 3.8) is 0 Å². The molecule has 34 heavy (non-hydrogen) atoms. The topological polar surface area (TPSA) is 72.8 Å². The van der Waals surface area contributed by atoms with Crippen molar-refractivity contribution in [1.29, 1.82) is 0 Å². The summed E-state index contributed by atoms with van der Waals surface area (Å²) < 4.78 is 10.0. The number of rotatable bonds is 4. The van der Waals surface area contributed by atoms with Crippen LogP contribution in [0.4, 0.5) is 0 Å². The van der Waals surface area contributed by atoms with Crippen molar-refractivity contribution >= 4 is 23.7 Å². The Morgan fingerprint density at radius 1 is 0.882 bits per heavy atom. The highest BCUT2D eigenvalue weighted by Crippen LogP contribution is 2.51. The second kappa shape index (κ2) is 9.66. The molecule has 0 saturated carbocycles. The van der Waals surface area contributed by atoms with Crippen LogP contribution in [-0.2, 0) is 31.9 Å². The summed E-state index contributed by atoms with van der Waals surface area (Å²) in [6.45, 7) is 0. The molecule has 0 heterocycles. The predicted molar refractivity (Wildman–Crippen MR) is 132 cm³/mol. The van der Waals surface area contributed by atoms with Gasteiger partial charge in [0.2, 0.25) is 0 Å². The summed E-state index contributed by atoms with van der Waals surface area (Å²) >= 11 is 1.40. The Morgan fingerprint density at radius 2 is 1.44 bits per heavy atom. The number of esters is 2. The van der Waals surface area contributed by atoms with Crippen molar-refractivity contribution in [2.75, 3.05) is 20.5 Å². The first-order chi connectivity index (χ1) is 16.5. The number of phenolic OH excluding ortho intramolecular Hbond substituents is 1. The van der Waals surface area contributed by atoms with Crippen LogP contribution >= 0.6 is 11.8 Å². The molecule has 3 aromatic rings. The monoisotopic (exact) mass is 472 g/mol. The van der Waals surface area contributed by atoms with Gasteiger partial charge in [-0.15, -0.1) is 11.8 Å². The van der Waals surface area contributed by atoms with Crippen LogP contribution in [-0.4, -0.2) is 37.5 Å². The Morgan fingerprint density at radius 3 is 2.00 bits per heavy atom. The Hall–Kier alpha value is -3.69. The average Bonchev–Trinajstić information content (AvgIpc) is 3.30. The standard InChI is InChI=1S/C28H24O5S/c1-32-26(30)28(27(31)33-2)16-21-20(15-14-18-10-6-4-7-11-18)23(19-12-8-5-9-13-19)25(34-3)24(29)22(21)17-28/h4-13,29H,16-17H2,1-3H3. The summed E-state index contributed by atoms with van der Waals surface area (Å²) in [4.78, 5) is 26.4. The number of phenols is 1. The van der Waals surface area contributed by atoms with E-state index in [1.54, 1.807) is 0 Å². The van der Waals surface area contributed by atoms with Gasteiger partial charge in [-0.3, -0.25) is 9.59 Å². The highest BCUT2D eigenvalue weighted by Gasteiger charge is 2.54. The zero-order valence-electron chi connectivity index (χ0n) is 19.2. The molecule has 0 spiro atoms. The second-order valence-electron chi connectivity index (χ2n) is 7.99. The van der Waals surface area contributed by atoms with Crippen LogP contribution in [0.25, 0.3) is 11.1 Å². The summed E-state index contributed by atoms with van der Waals surface area (Å²) in [6, 6.07) is 19.3. The van der Waals surface area contributed by atoms with Crippen LogP contribution in [0.2, 0.25) is 0 Å². The maximum absolute atomic E-state index is 12.9. The van der Waals surface area contributed by atoms with Crippen LogP contribution in [0.3, 0.4) is 0 Å². The molecule has 0 atom stereocenters. The lowest BCUT2D eigenvalue weighted by molar-refractivity contribution is -0.168. The summed E-state index contributed by atoms with van der Waals surface area (Å²) in [5.41, 5.74) is 2.79. The lowest BCUT2D eigenvalue weighted by Gasteiger charge is -2.22. The van der Waals surface area contributed by atoms with Crippen LogP contribution in [0.15, 0.2) is 65.6 Å². The number of aromatic hydroxyl groups is 1. The van der Waals surface area contributed by atoms with Gasteiger partial charge in [0.15, 0.2) is 5.41 Å². The molecular formula is C28H24O5S. The average molecular weight is 473 g/mol. The fourth-order valence-electron chi connectivity index (χ4n) is 4.50. The van der Waals surface area contributed by atoms with Crippen molar-refractivity contribution in [2.45, 2.75) is 17.7 Å². The maximum Gasteiger partial charge on any atom is 0.323 e. The number of ether oxygens (including phenoxy) is 2. The molecule has 1 aliphatic rings. The lowest BCUT2D eigenvalue weighted by atomic mass is 9.84. The molecule has 0 bridgehead atoms. The lowest BCUT2D eigenvalue weighted by Crippen LogP contribution is -2.42. The molecule has 1 aliphatic carbocycles. The molecule has 0 amide bonds. The van der Waals surface area contributed by atoms with Gasteiger partial charge in [-0.2, -0.15) is 0 Å². The largest absolute Gasteiger partial charge is 0.506 e. The number of carbonyl (C=O) groups excluding carboxylic acids is 2. The normalized spacial score (nSPS) is 13.4. The molecule has 0 aromatic heterocycles. The Kier molecular flexibility index (Phi) is 6.67. The highest BCUT2D eigenvalue weighted by molar-refractivity contribution is 7.98. The molecule has 172 valence electrons. The van der Waals surface area contributed by atoms with E-state index in [0.717, 1.165) is 16.7 Å². The third-order valence-electron chi connectivity index (χ3n) is 6.13. The molecule has 0 fully saturated rings. The number of fused-ring (bicyclic) bond motifs is 1. The molecule has 4 rings (SSSR count). The molecule has 5 nitrogen and oxygen atoms in total. The van der Waals surface area contributed by atoms with E-state index in [1.165, 1.54) is 26.0 Å². The van der Waals surface area contributed by atoms with Gasteiger partial charge in [0.05, 0.1) is 19.1 Å².